The molecule has 0 saturated carbocycles. The predicted octanol–water partition coefficient (Wildman–Crippen LogP) is 7.23. The molecule has 4 aromatic heterocycles. The lowest BCUT2D eigenvalue weighted by Crippen LogP contribution is -2.79. The van der Waals surface area contributed by atoms with Crippen LogP contribution in [0.3, 0.4) is 0 Å². The Morgan fingerprint density at radius 2 is 1.07 bits per heavy atom. The first-order valence-corrected chi connectivity index (χ1v) is 15.3. The highest BCUT2D eigenvalue weighted by Gasteiger charge is 2.66. The van der Waals surface area contributed by atoms with E-state index in [0.717, 1.165) is 34.3 Å². The molecular weight excluding hydrogens is 544 g/mol. The minimum atomic E-state index is -0.748. The molecule has 1 spiro atoms. The van der Waals surface area contributed by atoms with E-state index in [0.29, 0.717) is 0 Å². The Kier molecular flexibility index (Phi) is 2.91. The molecule has 0 saturated heterocycles. The van der Waals surface area contributed by atoms with Gasteiger partial charge in [0.15, 0.2) is 22.3 Å². The molecule has 0 bridgehead atoms. The summed E-state index contributed by atoms with van der Waals surface area (Å²) < 4.78 is 23.7. The van der Waals surface area contributed by atoms with Crippen molar-refractivity contribution in [2.75, 3.05) is 0 Å². The number of pyridine rings is 2. The summed E-state index contributed by atoms with van der Waals surface area (Å²) in [5.74, 6) is 5.80. The number of hydrogen-bond acceptors (Lipinski definition) is 2. The Morgan fingerprint density at radius 3 is 1.84 bits per heavy atom. The van der Waals surface area contributed by atoms with Gasteiger partial charge in [-0.25, -0.2) is 0 Å². The van der Waals surface area contributed by atoms with E-state index in [1.54, 1.807) is 0 Å². The molecule has 13 rings (SSSR count). The molecular formula is C38H22N4O2+2. The number of benzene rings is 4. The molecule has 8 aromatic rings. The Morgan fingerprint density at radius 1 is 0.500 bits per heavy atom. The third-order valence-corrected chi connectivity index (χ3v) is 11.3. The second-order valence-corrected chi connectivity index (χ2v) is 13.4. The van der Waals surface area contributed by atoms with Crippen molar-refractivity contribution >= 4 is 43.6 Å². The van der Waals surface area contributed by atoms with Gasteiger partial charge in [-0.1, -0.05) is 32.0 Å². The van der Waals surface area contributed by atoms with Crippen LogP contribution >= 0.6 is 0 Å². The minimum Gasteiger partial charge on any atom is -0.456 e. The Hall–Kier alpha value is -5.62. The lowest BCUT2D eigenvalue weighted by atomic mass is 9.74. The molecule has 5 aliphatic rings. The van der Waals surface area contributed by atoms with Crippen LogP contribution in [0.2, 0.25) is 0 Å². The average molecular weight is 567 g/mol. The van der Waals surface area contributed by atoms with Gasteiger partial charge in [0, 0.05) is 32.5 Å². The maximum Gasteiger partial charge on any atom is 0.335 e. The second kappa shape index (κ2) is 6.06. The summed E-state index contributed by atoms with van der Waals surface area (Å²) in [5, 5.41) is 4.95. The molecule has 1 unspecified atom stereocenters. The lowest BCUT2D eigenvalue weighted by molar-refractivity contribution is -0.968. The van der Waals surface area contributed by atoms with Crippen molar-refractivity contribution in [2.45, 2.75) is 24.9 Å². The first kappa shape index (κ1) is 21.1. The van der Waals surface area contributed by atoms with Gasteiger partial charge in [0.1, 0.15) is 28.1 Å². The van der Waals surface area contributed by atoms with Crippen LogP contribution in [0, 0.1) is 0 Å². The summed E-state index contributed by atoms with van der Waals surface area (Å²) in [5.41, 5.74) is 8.90. The minimum absolute atomic E-state index is 0.193. The fourth-order valence-corrected chi connectivity index (χ4v) is 9.72. The molecule has 0 N–H and O–H groups in total. The predicted molar refractivity (Wildman–Crippen MR) is 166 cm³/mol. The van der Waals surface area contributed by atoms with Gasteiger partial charge >= 0.3 is 11.5 Å². The largest absolute Gasteiger partial charge is 0.456 e. The fourth-order valence-electron chi connectivity index (χ4n) is 9.72. The molecule has 5 aliphatic heterocycles. The van der Waals surface area contributed by atoms with Crippen LogP contribution in [0.5, 0.6) is 23.0 Å². The summed E-state index contributed by atoms with van der Waals surface area (Å²) in [4.78, 5) is 0. The highest BCUT2D eigenvalue weighted by Crippen LogP contribution is 2.60. The molecule has 6 heteroatoms. The summed E-state index contributed by atoms with van der Waals surface area (Å²) in [6.45, 7) is 4.75. The molecule has 0 radical (unpaired) electrons. The average Bonchev–Trinajstić information content (AvgIpc) is 3.57. The third kappa shape index (κ3) is 1.77. The molecule has 6 nitrogen and oxygen atoms in total. The first-order valence-electron chi connectivity index (χ1n) is 15.3. The van der Waals surface area contributed by atoms with Gasteiger partial charge in [0.2, 0.25) is 5.75 Å². The van der Waals surface area contributed by atoms with Gasteiger partial charge in [0.25, 0.3) is 5.82 Å². The normalized spacial score (nSPS) is 19.3. The topological polar surface area (TPSA) is 36.1 Å². The standard InChI is InChI=1S/C38H22N4O2/c1-37(2)23-9-3-7-19-21-13-15-25-29-33(21)41(31(19)23)35-24(37)10-5-17-39(35)38(29)30-26(43-25)16-14-22-20-8-4-11-27-32(20)42(34(22)30)36-28(44-27)12-6-18-40(36)38/h3-18H,1-2H3/q+2. The quantitative estimate of drug-likeness (QED) is 0.182. The summed E-state index contributed by atoms with van der Waals surface area (Å²) in [6, 6.07) is 30.9. The zero-order chi connectivity index (χ0) is 28.4. The molecule has 9 heterocycles. The second-order valence-electron chi connectivity index (χ2n) is 13.4. The fraction of sp³-hybridized carbons (Fsp3) is 0.105. The van der Waals surface area contributed by atoms with E-state index in [1.807, 2.05) is 0 Å². The van der Waals surface area contributed by atoms with Gasteiger partial charge in [0.05, 0.1) is 18.0 Å². The lowest BCUT2D eigenvalue weighted by Gasteiger charge is -2.43. The van der Waals surface area contributed by atoms with Crippen LogP contribution in [-0.2, 0) is 11.1 Å². The first-order chi connectivity index (χ1) is 21.6. The van der Waals surface area contributed by atoms with Gasteiger partial charge in [-0.15, -0.1) is 0 Å². The van der Waals surface area contributed by atoms with E-state index in [2.05, 4.69) is 129 Å². The van der Waals surface area contributed by atoms with Gasteiger partial charge in [-0.3, -0.25) is 0 Å². The number of hydrogen-bond donors (Lipinski definition) is 0. The van der Waals surface area contributed by atoms with Gasteiger partial charge in [-0.05, 0) is 66.7 Å². The molecule has 4 aromatic carbocycles. The van der Waals surface area contributed by atoms with Crippen molar-refractivity contribution in [1.82, 2.24) is 9.13 Å². The van der Waals surface area contributed by atoms with Crippen molar-refractivity contribution < 1.29 is 18.6 Å². The SMILES string of the molecule is CC1(C)c2ccc[n+]3c2-n2c4c1cccc4c1ccc4c(c12)C31c2c(ccc3c5cccc6c5n(c23)-c2c(ccc[n+]21)O6)O4. The maximum absolute atomic E-state index is 6.98. The molecule has 204 valence electrons. The van der Waals surface area contributed by atoms with Crippen molar-refractivity contribution in [1.29, 1.82) is 0 Å². The van der Waals surface area contributed by atoms with E-state index in [1.165, 1.54) is 66.2 Å². The van der Waals surface area contributed by atoms with E-state index >= 15 is 0 Å². The Labute approximate surface area is 250 Å². The van der Waals surface area contributed by atoms with Crippen molar-refractivity contribution in [3.05, 3.63) is 120 Å². The zero-order valence-corrected chi connectivity index (χ0v) is 23.8. The number of fused-ring (bicyclic) bond motifs is 2. The number of ether oxygens (including phenoxy) is 2. The van der Waals surface area contributed by atoms with Gasteiger partial charge < -0.3 is 9.47 Å². The van der Waals surface area contributed by atoms with E-state index < -0.39 is 5.66 Å². The van der Waals surface area contributed by atoms with E-state index in [-0.39, 0.29) is 5.41 Å². The van der Waals surface area contributed by atoms with Crippen LogP contribution in [-0.4, -0.2) is 9.13 Å². The Bertz CT molecular complexity index is 2820. The van der Waals surface area contributed by atoms with Crippen LogP contribution in [0.25, 0.3) is 55.2 Å². The van der Waals surface area contributed by atoms with E-state index in [9.17, 15) is 0 Å². The van der Waals surface area contributed by atoms with Crippen LogP contribution < -0.4 is 18.6 Å². The number of nitrogens with zero attached hydrogens (tertiary/aromatic N) is 4. The summed E-state index contributed by atoms with van der Waals surface area (Å²) >= 11 is 0. The van der Waals surface area contributed by atoms with Crippen molar-refractivity contribution in [3.63, 3.8) is 0 Å². The summed E-state index contributed by atoms with van der Waals surface area (Å²) in [7, 11) is 0. The van der Waals surface area contributed by atoms with Gasteiger partial charge in [-0.2, -0.15) is 18.3 Å². The smallest absolute Gasteiger partial charge is 0.335 e. The number of aromatic nitrogens is 4. The third-order valence-electron chi connectivity index (χ3n) is 11.3. The highest BCUT2D eigenvalue weighted by atomic mass is 16.5. The maximum atomic E-state index is 6.98. The van der Waals surface area contributed by atoms with Crippen molar-refractivity contribution in [3.8, 4) is 34.6 Å². The molecule has 0 amide bonds. The molecule has 1 atom stereocenters. The van der Waals surface area contributed by atoms with Crippen LogP contribution in [0.1, 0.15) is 36.1 Å². The zero-order valence-electron chi connectivity index (χ0n) is 23.8. The van der Waals surface area contributed by atoms with Crippen molar-refractivity contribution in [2.24, 2.45) is 0 Å². The highest BCUT2D eigenvalue weighted by molar-refractivity contribution is 6.16. The molecule has 0 aliphatic carbocycles. The summed E-state index contributed by atoms with van der Waals surface area (Å²) in [6.07, 6.45) is 4.53. The van der Waals surface area contributed by atoms with E-state index in [4.69, 9.17) is 9.47 Å². The van der Waals surface area contributed by atoms with Crippen LogP contribution in [0.15, 0.2) is 97.3 Å². The molecule has 0 fully saturated rings. The number of rotatable bonds is 0. The van der Waals surface area contributed by atoms with Crippen LogP contribution in [0.4, 0.5) is 0 Å². The number of para-hydroxylation sites is 2. The molecule has 44 heavy (non-hydrogen) atoms. The monoisotopic (exact) mass is 566 g/mol. The Balaban J connectivity index is 1.41.